The second-order valence-electron chi connectivity index (χ2n) is 4.37. The Balaban J connectivity index is 4.54. The van der Waals surface area contributed by atoms with Crippen molar-refractivity contribution in [3.05, 3.63) is 0 Å². The van der Waals surface area contributed by atoms with Gasteiger partial charge in [-0.05, 0) is 6.42 Å². The van der Waals surface area contributed by atoms with E-state index in [9.17, 15) is 20.1 Å². The minimum Gasteiger partial charge on any atom is -0.394 e. The van der Waals surface area contributed by atoms with E-state index in [0.717, 1.165) is 12.8 Å². The van der Waals surface area contributed by atoms with Crippen molar-refractivity contribution < 1.29 is 25.2 Å². The number of rotatable bonds is 9. The molecule has 0 bridgehead atoms. The van der Waals surface area contributed by atoms with Crippen molar-refractivity contribution in [2.75, 3.05) is 6.61 Å². The Morgan fingerprint density at radius 1 is 1.29 bits per heavy atom. The molecule has 0 aromatic rings. The number of aliphatic hydroxyl groups excluding tert-OH is 4. The fraction of sp³-hybridized carbons (Fsp3) is 0.909. The Labute approximate surface area is 101 Å². The number of nitrogens with two attached hydrogens (primary N) is 1. The van der Waals surface area contributed by atoms with Gasteiger partial charge in [0.15, 0.2) is 0 Å². The van der Waals surface area contributed by atoms with Crippen molar-refractivity contribution in [1.29, 1.82) is 0 Å². The van der Waals surface area contributed by atoms with Crippen molar-refractivity contribution in [3.8, 4) is 0 Å². The van der Waals surface area contributed by atoms with Crippen LogP contribution < -0.4 is 5.73 Å². The Hall–Kier alpha value is -0.530. The lowest BCUT2D eigenvalue weighted by atomic mass is 9.84. The van der Waals surface area contributed by atoms with Gasteiger partial charge in [-0.25, -0.2) is 0 Å². The van der Waals surface area contributed by atoms with E-state index in [2.05, 4.69) is 0 Å². The van der Waals surface area contributed by atoms with Crippen molar-refractivity contribution in [2.24, 2.45) is 5.73 Å². The molecule has 6 nitrogen and oxygen atoms in total. The normalized spacial score (nSPS) is 20.4. The predicted octanol–water partition coefficient (Wildman–Crippen LogP) is -1.46. The molecule has 0 heterocycles. The molecule has 17 heavy (non-hydrogen) atoms. The van der Waals surface area contributed by atoms with Crippen molar-refractivity contribution in [1.82, 2.24) is 0 Å². The fourth-order valence-corrected chi connectivity index (χ4v) is 1.59. The van der Waals surface area contributed by atoms with E-state index in [1.54, 1.807) is 0 Å². The highest BCUT2D eigenvalue weighted by molar-refractivity contribution is 5.65. The van der Waals surface area contributed by atoms with E-state index in [0.29, 0.717) is 12.7 Å². The second kappa shape index (κ2) is 7.73. The summed E-state index contributed by atoms with van der Waals surface area (Å²) in [5.41, 5.74) is 4.11. The molecule has 0 aromatic carbocycles. The van der Waals surface area contributed by atoms with Crippen LogP contribution in [0.2, 0.25) is 0 Å². The standard InChI is InChI=1S/C11H23NO5/c1-2-3-4-5-11(12,7-14)10(17)9(16)8(15)6-13/h7-10,13,15-17H,2-6,12H2,1H3/t8-,9-,10+,11+/m1/s1. The first-order chi connectivity index (χ1) is 7.92. The quantitative estimate of drug-likeness (QED) is 0.251. The lowest BCUT2D eigenvalue weighted by Gasteiger charge is -2.33. The van der Waals surface area contributed by atoms with Crippen LogP contribution in [-0.4, -0.2) is 57.2 Å². The number of hydrogen-bond donors (Lipinski definition) is 5. The maximum Gasteiger partial charge on any atom is 0.142 e. The molecule has 0 unspecified atom stereocenters. The number of hydrogen-bond acceptors (Lipinski definition) is 6. The maximum atomic E-state index is 10.9. The van der Waals surface area contributed by atoms with Gasteiger partial charge in [-0.3, -0.25) is 0 Å². The third-order valence-electron chi connectivity index (χ3n) is 2.89. The Bertz CT molecular complexity index is 226. The summed E-state index contributed by atoms with van der Waals surface area (Å²) in [6.07, 6.45) is -1.70. The zero-order valence-electron chi connectivity index (χ0n) is 10.1. The van der Waals surface area contributed by atoms with Crippen LogP contribution in [0.15, 0.2) is 0 Å². The smallest absolute Gasteiger partial charge is 0.142 e. The number of aliphatic hydroxyl groups is 4. The summed E-state index contributed by atoms with van der Waals surface area (Å²) in [5.74, 6) is 0. The molecule has 0 aliphatic carbocycles. The molecule has 0 radical (unpaired) electrons. The van der Waals surface area contributed by atoms with Crippen molar-refractivity contribution in [2.45, 2.75) is 56.5 Å². The summed E-state index contributed by atoms with van der Waals surface area (Å²) in [7, 11) is 0. The third-order valence-corrected chi connectivity index (χ3v) is 2.89. The number of aldehydes is 1. The third kappa shape index (κ3) is 4.69. The molecule has 0 aliphatic rings. The summed E-state index contributed by atoms with van der Waals surface area (Å²) in [6, 6.07) is 0. The molecule has 6 N–H and O–H groups in total. The Morgan fingerprint density at radius 3 is 2.29 bits per heavy atom. The molecule has 0 aromatic heterocycles. The first kappa shape index (κ1) is 16.5. The monoisotopic (exact) mass is 249 g/mol. The van der Waals surface area contributed by atoms with Crippen LogP contribution in [0.3, 0.4) is 0 Å². The van der Waals surface area contributed by atoms with E-state index in [1.807, 2.05) is 6.92 Å². The lowest BCUT2D eigenvalue weighted by molar-refractivity contribution is -0.129. The topological polar surface area (TPSA) is 124 Å². The van der Waals surface area contributed by atoms with E-state index < -0.39 is 30.5 Å². The summed E-state index contributed by atoms with van der Waals surface area (Å²) < 4.78 is 0. The zero-order chi connectivity index (χ0) is 13.5. The number of carbonyl (C=O) groups is 1. The molecule has 4 atom stereocenters. The molecule has 0 rings (SSSR count). The molecular formula is C11H23NO5. The predicted molar refractivity (Wildman–Crippen MR) is 62.2 cm³/mol. The van der Waals surface area contributed by atoms with Crippen LogP contribution in [0.25, 0.3) is 0 Å². The highest BCUT2D eigenvalue weighted by Gasteiger charge is 2.40. The largest absolute Gasteiger partial charge is 0.394 e. The second-order valence-corrected chi connectivity index (χ2v) is 4.37. The molecular weight excluding hydrogens is 226 g/mol. The Morgan fingerprint density at radius 2 is 1.88 bits per heavy atom. The van der Waals surface area contributed by atoms with Gasteiger partial charge in [-0.15, -0.1) is 0 Å². The SMILES string of the molecule is CCCCC[C@](N)(C=O)[C@@H](O)[C@H](O)[C@H](O)CO. The molecule has 102 valence electrons. The van der Waals surface area contributed by atoms with Crippen LogP contribution in [-0.2, 0) is 4.79 Å². The fourth-order valence-electron chi connectivity index (χ4n) is 1.59. The van der Waals surface area contributed by atoms with E-state index in [1.165, 1.54) is 0 Å². The van der Waals surface area contributed by atoms with Gasteiger partial charge in [0.1, 0.15) is 30.1 Å². The number of carbonyl (C=O) groups excluding carboxylic acids is 1. The van der Waals surface area contributed by atoms with Crippen molar-refractivity contribution in [3.63, 3.8) is 0 Å². The highest BCUT2D eigenvalue weighted by Crippen LogP contribution is 2.18. The zero-order valence-corrected chi connectivity index (χ0v) is 10.1. The van der Waals surface area contributed by atoms with Crippen LogP contribution in [0.4, 0.5) is 0 Å². The average molecular weight is 249 g/mol. The summed E-state index contributed by atoms with van der Waals surface area (Å²) in [5, 5.41) is 37.1. The van der Waals surface area contributed by atoms with Gasteiger partial charge in [0.05, 0.1) is 6.61 Å². The summed E-state index contributed by atoms with van der Waals surface area (Å²) in [4.78, 5) is 10.9. The van der Waals surface area contributed by atoms with Crippen LogP contribution in [0.1, 0.15) is 32.6 Å². The van der Waals surface area contributed by atoms with E-state index >= 15 is 0 Å². The van der Waals surface area contributed by atoms with Gasteiger partial charge < -0.3 is 31.0 Å². The minimum atomic E-state index is -1.64. The molecule has 0 saturated heterocycles. The van der Waals surface area contributed by atoms with Gasteiger partial charge in [0.25, 0.3) is 0 Å². The molecule has 6 heteroatoms. The van der Waals surface area contributed by atoms with Crippen LogP contribution >= 0.6 is 0 Å². The minimum absolute atomic E-state index is 0.223. The number of unbranched alkanes of at least 4 members (excludes halogenated alkanes) is 2. The van der Waals surface area contributed by atoms with E-state index in [-0.39, 0.29) is 6.42 Å². The molecule has 0 amide bonds. The van der Waals surface area contributed by atoms with Crippen molar-refractivity contribution >= 4 is 6.29 Å². The summed E-state index contributed by atoms with van der Waals surface area (Å²) >= 11 is 0. The molecule has 0 spiro atoms. The van der Waals surface area contributed by atoms with Crippen LogP contribution in [0, 0.1) is 0 Å². The lowest BCUT2D eigenvalue weighted by Crippen LogP contribution is -2.60. The Kier molecular flexibility index (Phi) is 7.49. The highest BCUT2D eigenvalue weighted by atomic mass is 16.4. The van der Waals surface area contributed by atoms with Gasteiger partial charge >= 0.3 is 0 Å². The first-order valence-corrected chi connectivity index (χ1v) is 5.83. The maximum absolute atomic E-state index is 10.9. The van der Waals surface area contributed by atoms with Gasteiger partial charge in [-0.1, -0.05) is 26.2 Å². The first-order valence-electron chi connectivity index (χ1n) is 5.83. The van der Waals surface area contributed by atoms with Gasteiger partial charge in [-0.2, -0.15) is 0 Å². The van der Waals surface area contributed by atoms with E-state index in [4.69, 9.17) is 10.8 Å². The average Bonchev–Trinajstić information content (AvgIpc) is 2.35. The van der Waals surface area contributed by atoms with Gasteiger partial charge in [0, 0.05) is 0 Å². The summed E-state index contributed by atoms with van der Waals surface area (Å²) in [6.45, 7) is 1.28. The molecule has 0 saturated carbocycles. The molecule has 0 aliphatic heterocycles. The van der Waals surface area contributed by atoms with Gasteiger partial charge in [0.2, 0.25) is 0 Å². The van der Waals surface area contributed by atoms with Crippen LogP contribution in [0.5, 0.6) is 0 Å². The molecule has 0 fully saturated rings.